The van der Waals surface area contributed by atoms with Gasteiger partial charge >= 0.3 is 0 Å². The Bertz CT molecular complexity index is 634. The summed E-state index contributed by atoms with van der Waals surface area (Å²) in [7, 11) is 0. The van der Waals surface area contributed by atoms with Crippen LogP contribution in [-0.4, -0.2) is 17.1 Å². The molecule has 0 unspecified atom stereocenters. The summed E-state index contributed by atoms with van der Waals surface area (Å²) in [5, 5.41) is 0. The third-order valence-electron chi connectivity index (χ3n) is 3.52. The topological polar surface area (TPSA) is 17.1 Å². The van der Waals surface area contributed by atoms with Crippen molar-refractivity contribution in [2.75, 3.05) is 0 Å². The van der Waals surface area contributed by atoms with Crippen LogP contribution >= 0.6 is 0 Å². The van der Waals surface area contributed by atoms with Gasteiger partial charge in [0.1, 0.15) is 0 Å². The summed E-state index contributed by atoms with van der Waals surface area (Å²) in [4.78, 5) is 11.4. The number of hydrogen-bond donors (Lipinski definition) is 0. The van der Waals surface area contributed by atoms with Crippen LogP contribution in [0.5, 0.6) is 0 Å². The maximum absolute atomic E-state index is 14.6. The highest BCUT2D eigenvalue weighted by Gasteiger charge is 2.62. The molecule has 2 bridgehead atoms. The number of halogens is 4. The van der Waals surface area contributed by atoms with Gasteiger partial charge in [0.15, 0.2) is 23.1 Å². The van der Waals surface area contributed by atoms with Crippen molar-refractivity contribution in [2.45, 2.75) is 17.8 Å². The van der Waals surface area contributed by atoms with Crippen LogP contribution in [0.3, 0.4) is 0 Å². The smallest absolute Gasteiger partial charge is 0.241 e. The lowest BCUT2D eigenvalue weighted by atomic mass is 9.68. The lowest BCUT2D eigenvalue weighted by Gasteiger charge is -2.40. The van der Waals surface area contributed by atoms with Crippen LogP contribution in [0.4, 0.5) is 17.6 Å². The van der Waals surface area contributed by atoms with Crippen molar-refractivity contribution in [1.82, 2.24) is 0 Å². The van der Waals surface area contributed by atoms with Crippen LogP contribution in [0.25, 0.3) is 5.57 Å². The van der Waals surface area contributed by atoms with E-state index in [2.05, 4.69) is 0 Å². The molecule has 0 aromatic heterocycles. The average molecular weight is 268 g/mol. The van der Waals surface area contributed by atoms with Crippen LogP contribution in [0, 0.1) is 0 Å². The first kappa shape index (κ1) is 12.1. The van der Waals surface area contributed by atoms with Crippen molar-refractivity contribution >= 4 is 11.4 Å². The van der Waals surface area contributed by atoms with E-state index in [0.29, 0.717) is 6.08 Å². The van der Waals surface area contributed by atoms with E-state index in [1.54, 1.807) is 18.2 Å². The number of allylic oxidation sites excluding steroid dienone is 4. The van der Waals surface area contributed by atoms with Gasteiger partial charge < -0.3 is 0 Å². The number of benzene rings is 1. The Balaban J connectivity index is 2.26. The summed E-state index contributed by atoms with van der Waals surface area (Å²) >= 11 is 0. The molecule has 3 aliphatic carbocycles. The van der Waals surface area contributed by atoms with Gasteiger partial charge in [-0.15, -0.1) is 0 Å². The first-order valence-corrected chi connectivity index (χ1v) is 5.66. The maximum atomic E-state index is 14.6. The minimum atomic E-state index is -3.18. The Morgan fingerprint density at radius 1 is 1.00 bits per heavy atom. The molecular weight excluding hydrogens is 260 g/mol. The van der Waals surface area contributed by atoms with Crippen molar-refractivity contribution in [2.24, 2.45) is 0 Å². The predicted octanol–water partition coefficient (Wildman–Crippen LogP) is 3.62. The zero-order chi connectivity index (χ0) is 13.8. The number of rotatable bonds is 1. The molecule has 1 aromatic carbocycles. The van der Waals surface area contributed by atoms with Crippen LogP contribution in [0.15, 0.2) is 48.1 Å². The summed E-state index contributed by atoms with van der Waals surface area (Å²) in [5.41, 5.74) is -6.20. The number of carbonyl (C=O) groups excluding carboxylic acids is 1. The third-order valence-corrected chi connectivity index (χ3v) is 3.52. The van der Waals surface area contributed by atoms with Gasteiger partial charge in [-0.2, -0.15) is 0 Å². The molecule has 0 heterocycles. The molecular formula is C14H8F4O. The van der Waals surface area contributed by atoms with Crippen molar-refractivity contribution < 1.29 is 22.4 Å². The van der Waals surface area contributed by atoms with E-state index in [4.69, 9.17) is 0 Å². The van der Waals surface area contributed by atoms with Crippen LogP contribution in [-0.2, 0) is 4.79 Å². The van der Waals surface area contributed by atoms with E-state index in [9.17, 15) is 22.4 Å². The van der Waals surface area contributed by atoms with Crippen molar-refractivity contribution in [3.8, 4) is 0 Å². The van der Waals surface area contributed by atoms with E-state index in [0.717, 1.165) is 0 Å². The molecule has 98 valence electrons. The standard InChI is InChI=1S/C14H8F4O/c15-11-12(16)14(18)6-9(8-4-2-1-3-5-8)13(11,17)7-10(14)19/h1-6H,7H2/t13-,14+/m0/s1. The second-order valence-electron chi connectivity index (χ2n) is 4.66. The van der Waals surface area contributed by atoms with Gasteiger partial charge in [0.05, 0.1) is 6.42 Å². The molecule has 3 aliphatic rings. The number of fused-ring (bicyclic) bond motifs is 1. The van der Waals surface area contributed by atoms with E-state index in [1.807, 2.05) is 0 Å². The van der Waals surface area contributed by atoms with E-state index in [1.165, 1.54) is 12.1 Å². The Labute approximate surface area is 106 Å². The summed E-state index contributed by atoms with van der Waals surface area (Å²) in [6, 6.07) is 7.68. The molecule has 0 saturated carbocycles. The summed E-state index contributed by atoms with van der Waals surface area (Å²) < 4.78 is 56.0. The van der Waals surface area contributed by atoms with Crippen LogP contribution < -0.4 is 0 Å². The highest BCUT2D eigenvalue weighted by Crippen LogP contribution is 2.55. The van der Waals surface area contributed by atoms with Crippen molar-refractivity contribution in [3.63, 3.8) is 0 Å². The van der Waals surface area contributed by atoms with E-state index < -0.39 is 35.2 Å². The lowest BCUT2D eigenvalue weighted by molar-refractivity contribution is -0.131. The Kier molecular flexibility index (Phi) is 2.27. The first-order chi connectivity index (χ1) is 8.89. The number of carbonyl (C=O) groups is 1. The minimum absolute atomic E-state index is 0.224. The van der Waals surface area contributed by atoms with Crippen molar-refractivity contribution in [3.05, 3.63) is 53.6 Å². The predicted molar refractivity (Wildman–Crippen MR) is 61.0 cm³/mol. The van der Waals surface area contributed by atoms with Crippen LogP contribution in [0.1, 0.15) is 12.0 Å². The Morgan fingerprint density at radius 2 is 1.63 bits per heavy atom. The summed E-state index contributed by atoms with van der Waals surface area (Å²) in [6.07, 6.45) is -0.476. The first-order valence-electron chi connectivity index (χ1n) is 5.66. The molecule has 2 atom stereocenters. The summed E-state index contributed by atoms with van der Waals surface area (Å²) in [6.45, 7) is 0. The van der Waals surface area contributed by atoms with Gasteiger partial charge in [-0.05, 0) is 11.6 Å². The fourth-order valence-electron chi connectivity index (χ4n) is 2.48. The van der Waals surface area contributed by atoms with E-state index >= 15 is 0 Å². The monoisotopic (exact) mass is 268 g/mol. The second-order valence-corrected chi connectivity index (χ2v) is 4.66. The number of Topliss-reactive ketones (excluding diaryl/α,β-unsaturated/α-hetero) is 1. The normalized spacial score (nSPS) is 33.7. The zero-order valence-corrected chi connectivity index (χ0v) is 9.59. The number of hydrogen-bond acceptors (Lipinski definition) is 1. The largest absolute Gasteiger partial charge is 0.295 e. The molecule has 0 amide bonds. The molecule has 4 rings (SSSR count). The maximum Gasteiger partial charge on any atom is 0.241 e. The number of alkyl halides is 2. The van der Waals surface area contributed by atoms with Crippen molar-refractivity contribution in [1.29, 1.82) is 0 Å². The number of ketones is 1. The molecule has 0 radical (unpaired) electrons. The van der Waals surface area contributed by atoms with Gasteiger partial charge in [-0.3, -0.25) is 4.79 Å². The fraction of sp³-hybridized carbons (Fsp3) is 0.214. The highest BCUT2D eigenvalue weighted by molar-refractivity contribution is 6.03. The molecule has 1 aromatic rings. The molecule has 19 heavy (non-hydrogen) atoms. The SMILES string of the molecule is O=C1C[C@]2(F)C(c3ccccc3)=C[C@]1(F)C(F)=C2F. The quantitative estimate of drug-likeness (QED) is 0.711. The molecule has 0 saturated heterocycles. The van der Waals surface area contributed by atoms with Gasteiger partial charge in [0, 0.05) is 5.57 Å². The van der Waals surface area contributed by atoms with E-state index in [-0.39, 0.29) is 11.1 Å². The Morgan fingerprint density at radius 3 is 2.26 bits per heavy atom. The van der Waals surface area contributed by atoms with Gasteiger partial charge in [-0.25, -0.2) is 17.6 Å². The Hall–Kier alpha value is -1.91. The van der Waals surface area contributed by atoms with Gasteiger partial charge in [0.2, 0.25) is 5.67 Å². The van der Waals surface area contributed by atoms with Gasteiger partial charge in [0.25, 0.3) is 0 Å². The molecule has 5 heteroatoms. The fourth-order valence-corrected chi connectivity index (χ4v) is 2.48. The molecule has 0 fully saturated rings. The molecule has 0 N–H and O–H groups in total. The van der Waals surface area contributed by atoms with Crippen LogP contribution in [0.2, 0.25) is 0 Å². The highest BCUT2D eigenvalue weighted by atomic mass is 19.2. The third kappa shape index (κ3) is 1.38. The summed E-state index contributed by atoms with van der Waals surface area (Å²) in [5.74, 6) is -5.10. The zero-order valence-electron chi connectivity index (χ0n) is 9.59. The second kappa shape index (κ2) is 3.56. The van der Waals surface area contributed by atoms with Gasteiger partial charge in [-0.1, -0.05) is 30.3 Å². The molecule has 1 nitrogen and oxygen atoms in total. The minimum Gasteiger partial charge on any atom is -0.295 e. The average Bonchev–Trinajstić information content (AvgIpc) is 2.40. The molecule has 0 aliphatic heterocycles. The molecule has 0 spiro atoms. The lowest BCUT2D eigenvalue weighted by Crippen LogP contribution is -2.50.